The second-order valence-electron chi connectivity index (χ2n) is 6.79. The van der Waals surface area contributed by atoms with Crippen LogP contribution in [0.4, 0.5) is 0 Å². The van der Waals surface area contributed by atoms with E-state index in [1.54, 1.807) is 11.8 Å². The molecule has 1 aromatic rings. The lowest BCUT2D eigenvalue weighted by Gasteiger charge is -2.42. The number of nitrogens with zero attached hydrogens (tertiary/aromatic N) is 1. The Morgan fingerprint density at radius 1 is 1.25 bits per heavy atom. The van der Waals surface area contributed by atoms with Gasteiger partial charge < -0.3 is 10.4 Å². The van der Waals surface area contributed by atoms with Crippen LogP contribution in [-0.2, 0) is 4.79 Å². The molecule has 0 heterocycles. The molecule has 3 rings (SSSR count). The molecule has 0 bridgehead atoms. The summed E-state index contributed by atoms with van der Waals surface area (Å²) in [6, 6.07) is 8.03. The lowest BCUT2D eigenvalue weighted by molar-refractivity contribution is -0.139. The lowest BCUT2D eigenvalue weighted by atomic mass is 9.85. The fraction of sp³-hybridized carbons (Fsp3) is 0.556. The monoisotopic (exact) mass is 348 g/mol. The predicted molar refractivity (Wildman–Crippen MR) is 94.4 cm³/mol. The van der Waals surface area contributed by atoms with Crippen LogP contribution in [-0.4, -0.2) is 53.3 Å². The van der Waals surface area contributed by atoms with Gasteiger partial charge in [0.25, 0.3) is 5.91 Å². The van der Waals surface area contributed by atoms with Crippen molar-refractivity contribution in [3.05, 3.63) is 29.8 Å². The van der Waals surface area contributed by atoms with Gasteiger partial charge in [-0.05, 0) is 62.1 Å². The number of rotatable bonds is 8. The summed E-state index contributed by atoms with van der Waals surface area (Å²) in [6.45, 7) is 0.992. The summed E-state index contributed by atoms with van der Waals surface area (Å²) >= 11 is 1.65. The lowest BCUT2D eigenvalue weighted by Crippen LogP contribution is -2.55. The summed E-state index contributed by atoms with van der Waals surface area (Å²) < 4.78 is 0. The number of nitrogens with one attached hydrogen (secondary N) is 1. The number of carbonyl (C=O) groups is 2. The highest BCUT2D eigenvalue weighted by atomic mass is 32.2. The number of hydrogen-bond donors (Lipinski definition) is 2. The van der Waals surface area contributed by atoms with Gasteiger partial charge in [0, 0.05) is 29.1 Å². The number of carbonyl (C=O) groups excluding carboxylic acids is 1. The third-order valence-corrected chi connectivity index (χ3v) is 5.59. The molecule has 2 aliphatic rings. The van der Waals surface area contributed by atoms with E-state index in [-0.39, 0.29) is 24.5 Å². The summed E-state index contributed by atoms with van der Waals surface area (Å²) in [4.78, 5) is 26.5. The first-order chi connectivity index (χ1) is 11.5. The summed E-state index contributed by atoms with van der Waals surface area (Å²) in [6.07, 6.45) is 6.13. The van der Waals surface area contributed by atoms with Crippen molar-refractivity contribution in [1.29, 1.82) is 0 Å². The molecule has 130 valence electrons. The van der Waals surface area contributed by atoms with Crippen LogP contribution in [0, 0.1) is 5.92 Å². The van der Waals surface area contributed by atoms with Gasteiger partial charge >= 0.3 is 5.97 Å². The van der Waals surface area contributed by atoms with Gasteiger partial charge in [0.2, 0.25) is 0 Å². The molecule has 1 aromatic carbocycles. The Morgan fingerprint density at radius 2 is 1.92 bits per heavy atom. The van der Waals surface area contributed by atoms with Gasteiger partial charge in [-0.25, -0.2) is 0 Å². The van der Waals surface area contributed by atoms with Gasteiger partial charge in [-0.1, -0.05) is 0 Å². The number of benzene rings is 1. The van der Waals surface area contributed by atoms with Crippen molar-refractivity contribution in [2.45, 2.75) is 42.7 Å². The summed E-state index contributed by atoms with van der Waals surface area (Å²) in [7, 11) is 0. The minimum atomic E-state index is -0.767. The van der Waals surface area contributed by atoms with Crippen molar-refractivity contribution in [2.24, 2.45) is 5.92 Å². The number of aliphatic carboxylic acids is 1. The predicted octanol–water partition coefficient (Wildman–Crippen LogP) is 2.47. The van der Waals surface area contributed by atoms with Crippen LogP contribution in [0.3, 0.4) is 0 Å². The van der Waals surface area contributed by atoms with Crippen molar-refractivity contribution >= 4 is 23.6 Å². The molecule has 0 saturated heterocycles. The molecule has 0 aliphatic heterocycles. The van der Waals surface area contributed by atoms with Crippen LogP contribution < -0.4 is 5.32 Å². The molecule has 2 aliphatic carbocycles. The zero-order valence-corrected chi connectivity index (χ0v) is 14.7. The minimum Gasteiger partial charge on any atom is -0.480 e. The molecule has 2 saturated carbocycles. The molecule has 5 nitrogen and oxygen atoms in total. The highest BCUT2D eigenvalue weighted by molar-refractivity contribution is 7.98. The van der Waals surface area contributed by atoms with E-state index >= 15 is 0 Å². The Bertz CT molecular complexity index is 595. The first kappa shape index (κ1) is 17.3. The van der Waals surface area contributed by atoms with Gasteiger partial charge in [-0.2, -0.15) is 0 Å². The number of carboxylic acid groups (broad SMARTS) is 1. The van der Waals surface area contributed by atoms with Crippen LogP contribution in [0.1, 0.15) is 36.0 Å². The maximum Gasteiger partial charge on any atom is 0.317 e. The molecular formula is C18H24N2O3S. The van der Waals surface area contributed by atoms with E-state index in [2.05, 4.69) is 10.2 Å². The number of amides is 1. The van der Waals surface area contributed by atoms with Gasteiger partial charge in [0.1, 0.15) is 0 Å². The van der Waals surface area contributed by atoms with E-state index in [0.29, 0.717) is 11.5 Å². The van der Waals surface area contributed by atoms with Crippen LogP contribution >= 0.6 is 11.8 Å². The Balaban J connectivity index is 1.47. The van der Waals surface area contributed by atoms with Crippen molar-refractivity contribution < 1.29 is 14.7 Å². The third-order valence-electron chi connectivity index (χ3n) is 4.84. The van der Waals surface area contributed by atoms with E-state index in [4.69, 9.17) is 5.11 Å². The van der Waals surface area contributed by atoms with Crippen LogP contribution in [0.15, 0.2) is 29.2 Å². The van der Waals surface area contributed by atoms with Crippen molar-refractivity contribution in [3.63, 3.8) is 0 Å². The Kier molecular flexibility index (Phi) is 5.46. The average Bonchev–Trinajstić information content (AvgIpc) is 3.33. The largest absolute Gasteiger partial charge is 0.480 e. The normalized spacial score (nSPS) is 22.9. The highest BCUT2D eigenvalue weighted by Crippen LogP contribution is 2.33. The third kappa shape index (κ3) is 4.51. The fourth-order valence-corrected chi connectivity index (χ4v) is 3.57. The quantitative estimate of drug-likeness (QED) is 0.706. The van der Waals surface area contributed by atoms with E-state index in [9.17, 15) is 9.59 Å². The summed E-state index contributed by atoms with van der Waals surface area (Å²) in [5, 5.41) is 12.1. The number of thioether (sulfide) groups is 1. The maximum atomic E-state index is 12.3. The second-order valence-corrected chi connectivity index (χ2v) is 7.67. The number of carboxylic acids is 1. The molecular weight excluding hydrogens is 324 g/mol. The van der Waals surface area contributed by atoms with Crippen molar-refractivity contribution in [3.8, 4) is 0 Å². The standard InChI is InChI=1S/C18H24N2O3S/c1-24-16-6-4-13(5-7-16)18(23)19-14-8-15(9-14)20(11-17(21)22)10-12-2-3-12/h4-7,12,14-15H,2-3,8-11H2,1H3,(H,19,23)(H,21,22). The first-order valence-corrected chi connectivity index (χ1v) is 9.68. The van der Waals surface area contributed by atoms with Crippen molar-refractivity contribution in [2.75, 3.05) is 19.3 Å². The molecule has 0 unspecified atom stereocenters. The zero-order valence-electron chi connectivity index (χ0n) is 13.9. The molecule has 24 heavy (non-hydrogen) atoms. The molecule has 0 aromatic heterocycles. The summed E-state index contributed by atoms with van der Waals surface area (Å²) in [5.74, 6) is -0.136. The molecule has 0 spiro atoms. The van der Waals surface area contributed by atoms with Crippen LogP contribution in [0.2, 0.25) is 0 Å². The Hall–Kier alpha value is -1.53. The Morgan fingerprint density at radius 3 is 2.46 bits per heavy atom. The van der Waals surface area contributed by atoms with Crippen LogP contribution in [0.5, 0.6) is 0 Å². The van der Waals surface area contributed by atoms with E-state index < -0.39 is 5.97 Å². The molecule has 1 amide bonds. The van der Waals surface area contributed by atoms with Crippen molar-refractivity contribution in [1.82, 2.24) is 10.2 Å². The van der Waals surface area contributed by atoms with Gasteiger partial charge in [-0.15, -0.1) is 11.8 Å². The van der Waals surface area contributed by atoms with Gasteiger partial charge in [-0.3, -0.25) is 14.5 Å². The molecule has 0 atom stereocenters. The summed E-state index contributed by atoms with van der Waals surface area (Å²) in [5.41, 5.74) is 0.677. The maximum absolute atomic E-state index is 12.3. The van der Waals surface area contributed by atoms with Gasteiger partial charge in [0.05, 0.1) is 6.54 Å². The Labute approximate surface area is 146 Å². The molecule has 2 N–H and O–H groups in total. The highest BCUT2D eigenvalue weighted by Gasteiger charge is 2.37. The van der Waals surface area contributed by atoms with E-state index in [1.165, 1.54) is 12.8 Å². The molecule has 0 radical (unpaired) electrons. The SMILES string of the molecule is CSc1ccc(C(=O)NC2CC(N(CC(=O)O)CC3CC3)C2)cc1. The first-order valence-electron chi connectivity index (χ1n) is 8.46. The molecule has 6 heteroatoms. The second kappa shape index (κ2) is 7.57. The number of hydrogen-bond acceptors (Lipinski definition) is 4. The average molecular weight is 348 g/mol. The van der Waals surface area contributed by atoms with Crippen LogP contribution in [0.25, 0.3) is 0 Å². The van der Waals surface area contributed by atoms with Gasteiger partial charge in [0.15, 0.2) is 0 Å². The fourth-order valence-electron chi connectivity index (χ4n) is 3.16. The van der Waals surface area contributed by atoms with E-state index in [1.807, 2.05) is 30.5 Å². The smallest absolute Gasteiger partial charge is 0.317 e. The van der Waals surface area contributed by atoms with E-state index in [0.717, 1.165) is 24.3 Å². The molecule has 2 fully saturated rings. The minimum absolute atomic E-state index is 0.0434. The zero-order chi connectivity index (χ0) is 17.1. The topological polar surface area (TPSA) is 69.6 Å².